The monoisotopic (exact) mass is 248 g/mol. The van der Waals surface area contributed by atoms with Gasteiger partial charge < -0.3 is 10.1 Å². The highest BCUT2D eigenvalue weighted by atomic mass is 16.5. The van der Waals surface area contributed by atoms with E-state index in [1.807, 2.05) is 0 Å². The van der Waals surface area contributed by atoms with Gasteiger partial charge in [-0.25, -0.2) is 9.97 Å². The number of hydrogen-bond donors (Lipinski definition) is 2. The second-order valence-electron chi connectivity index (χ2n) is 3.68. The molecule has 0 saturated carbocycles. The normalized spacial score (nSPS) is 10.3. The van der Waals surface area contributed by atoms with Crippen molar-refractivity contribution >= 4 is 5.95 Å². The number of hydrogen-bond acceptors (Lipinski definition) is 6. The van der Waals surface area contributed by atoms with Crippen molar-refractivity contribution in [2.45, 2.75) is 19.8 Å². The largest absolute Gasteiger partial charge is 0.478 e. The van der Waals surface area contributed by atoms with Crippen LogP contribution in [-0.4, -0.2) is 38.3 Å². The Morgan fingerprint density at radius 1 is 1.39 bits per heavy atom. The summed E-state index contributed by atoms with van der Waals surface area (Å²) in [5.41, 5.74) is 0. The Balaban J connectivity index is 1.81. The lowest BCUT2D eigenvalue weighted by molar-refractivity contribution is 0.305. The predicted molar refractivity (Wildman–Crippen MR) is 66.4 cm³/mol. The molecule has 0 amide bonds. The Morgan fingerprint density at radius 3 is 3.11 bits per heavy atom. The van der Waals surface area contributed by atoms with E-state index in [0.29, 0.717) is 25.0 Å². The molecule has 7 nitrogen and oxygen atoms in total. The Hall–Kier alpha value is -2.18. The van der Waals surface area contributed by atoms with Crippen molar-refractivity contribution in [2.24, 2.45) is 0 Å². The van der Waals surface area contributed by atoms with E-state index in [0.717, 1.165) is 18.7 Å². The zero-order valence-corrected chi connectivity index (χ0v) is 10.3. The Morgan fingerprint density at radius 2 is 2.33 bits per heavy atom. The third-order valence-corrected chi connectivity index (χ3v) is 2.19. The first-order chi connectivity index (χ1) is 8.88. The highest BCUT2D eigenvalue weighted by Crippen LogP contribution is 2.08. The lowest BCUT2D eigenvalue weighted by Crippen LogP contribution is -2.09. The molecule has 2 rings (SSSR count). The van der Waals surface area contributed by atoms with Gasteiger partial charge in [-0.05, 0) is 6.42 Å². The van der Waals surface area contributed by atoms with Gasteiger partial charge >= 0.3 is 0 Å². The topological polar surface area (TPSA) is 88.6 Å². The number of rotatable bonds is 7. The standard InChI is InChI=1S/C11H16N6O/c1-2-7-18-10-4-6-13-11(16-10)12-5-3-9-14-8-15-17-9/h4,6,8H,2-3,5,7H2,1H3,(H,12,13,16)(H,14,15,17). The minimum Gasteiger partial charge on any atom is -0.478 e. The number of ether oxygens (including phenoxy) is 1. The summed E-state index contributed by atoms with van der Waals surface area (Å²) < 4.78 is 5.43. The van der Waals surface area contributed by atoms with Crippen LogP contribution in [0.4, 0.5) is 5.95 Å². The third kappa shape index (κ3) is 3.69. The number of aromatic nitrogens is 5. The average Bonchev–Trinajstić information content (AvgIpc) is 2.90. The lowest BCUT2D eigenvalue weighted by atomic mass is 10.4. The molecular weight excluding hydrogens is 232 g/mol. The summed E-state index contributed by atoms with van der Waals surface area (Å²) in [7, 11) is 0. The summed E-state index contributed by atoms with van der Waals surface area (Å²) in [4.78, 5) is 12.4. The van der Waals surface area contributed by atoms with Crippen molar-refractivity contribution < 1.29 is 4.74 Å². The molecule has 0 aliphatic rings. The molecule has 7 heteroatoms. The van der Waals surface area contributed by atoms with E-state index in [9.17, 15) is 0 Å². The van der Waals surface area contributed by atoms with Gasteiger partial charge in [0.25, 0.3) is 0 Å². The van der Waals surface area contributed by atoms with Crippen LogP contribution in [0.2, 0.25) is 0 Å². The van der Waals surface area contributed by atoms with E-state index in [-0.39, 0.29) is 0 Å². The van der Waals surface area contributed by atoms with Crippen LogP contribution < -0.4 is 10.1 Å². The molecule has 0 aliphatic carbocycles. The van der Waals surface area contributed by atoms with Gasteiger partial charge in [-0.2, -0.15) is 10.1 Å². The van der Waals surface area contributed by atoms with Crippen molar-refractivity contribution in [1.29, 1.82) is 0 Å². The van der Waals surface area contributed by atoms with Crippen molar-refractivity contribution in [3.8, 4) is 5.88 Å². The van der Waals surface area contributed by atoms with Gasteiger partial charge in [0, 0.05) is 25.2 Å². The smallest absolute Gasteiger partial charge is 0.225 e. The zero-order chi connectivity index (χ0) is 12.6. The molecule has 0 aromatic carbocycles. The van der Waals surface area contributed by atoms with Crippen LogP contribution in [-0.2, 0) is 6.42 Å². The summed E-state index contributed by atoms with van der Waals surface area (Å²) in [6.07, 6.45) is 4.86. The second kappa shape index (κ2) is 6.53. The molecule has 2 N–H and O–H groups in total. The molecule has 0 unspecified atom stereocenters. The molecule has 2 aromatic rings. The van der Waals surface area contributed by atoms with Crippen LogP contribution in [0.1, 0.15) is 19.2 Å². The van der Waals surface area contributed by atoms with Crippen LogP contribution >= 0.6 is 0 Å². The molecule has 0 saturated heterocycles. The fraction of sp³-hybridized carbons (Fsp3) is 0.455. The first-order valence-corrected chi connectivity index (χ1v) is 5.92. The Kier molecular flexibility index (Phi) is 4.46. The number of nitrogens with one attached hydrogen (secondary N) is 2. The molecule has 0 radical (unpaired) electrons. The summed E-state index contributed by atoms with van der Waals surface area (Å²) in [5.74, 6) is 1.98. The van der Waals surface area contributed by atoms with Crippen LogP contribution in [0, 0.1) is 0 Å². The highest BCUT2D eigenvalue weighted by molar-refractivity contribution is 5.27. The molecule has 0 spiro atoms. The summed E-state index contributed by atoms with van der Waals surface area (Å²) >= 11 is 0. The summed E-state index contributed by atoms with van der Waals surface area (Å²) in [6, 6.07) is 1.75. The fourth-order valence-corrected chi connectivity index (χ4v) is 1.36. The minimum atomic E-state index is 0.558. The van der Waals surface area contributed by atoms with E-state index in [1.165, 1.54) is 6.33 Å². The SMILES string of the molecule is CCCOc1ccnc(NCCc2ncn[nH]2)n1. The average molecular weight is 248 g/mol. The van der Waals surface area contributed by atoms with Gasteiger partial charge in [0.15, 0.2) is 0 Å². The van der Waals surface area contributed by atoms with E-state index in [1.54, 1.807) is 12.3 Å². The lowest BCUT2D eigenvalue weighted by Gasteiger charge is -2.06. The number of aromatic amines is 1. The number of H-pyrrole nitrogens is 1. The molecule has 18 heavy (non-hydrogen) atoms. The van der Waals surface area contributed by atoms with E-state index < -0.39 is 0 Å². The summed E-state index contributed by atoms with van der Waals surface area (Å²) in [5, 5.41) is 9.69. The maximum atomic E-state index is 5.43. The molecule has 0 bridgehead atoms. The van der Waals surface area contributed by atoms with Gasteiger partial charge in [-0.3, -0.25) is 5.10 Å². The zero-order valence-electron chi connectivity index (χ0n) is 10.3. The molecular formula is C11H16N6O. The molecule has 0 atom stereocenters. The van der Waals surface area contributed by atoms with Gasteiger partial charge in [0.1, 0.15) is 12.2 Å². The molecule has 0 aliphatic heterocycles. The minimum absolute atomic E-state index is 0.558. The van der Waals surface area contributed by atoms with Crippen molar-refractivity contribution in [1.82, 2.24) is 25.1 Å². The predicted octanol–water partition coefficient (Wildman–Crippen LogP) is 1.04. The maximum absolute atomic E-state index is 5.43. The van der Waals surface area contributed by atoms with Crippen LogP contribution in [0.15, 0.2) is 18.6 Å². The second-order valence-corrected chi connectivity index (χ2v) is 3.68. The Bertz CT molecular complexity index is 458. The van der Waals surface area contributed by atoms with E-state index >= 15 is 0 Å². The number of nitrogens with zero attached hydrogens (tertiary/aromatic N) is 4. The fourth-order valence-electron chi connectivity index (χ4n) is 1.36. The van der Waals surface area contributed by atoms with Crippen LogP contribution in [0.5, 0.6) is 5.88 Å². The van der Waals surface area contributed by atoms with Crippen LogP contribution in [0.3, 0.4) is 0 Å². The van der Waals surface area contributed by atoms with Crippen molar-refractivity contribution in [3.05, 3.63) is 24.4 Å². The molecule has 96 valence electrons. The van der Waals surface area contributed by atoms with Gasteiger partial charge in [0.05, 0.1) is 6.61 Å². The van der Waals surface area contributed by atoms with Gasteiger partial charge in [-0.15, -0.1) is 0 Å². The Labute approximate surface area is 105 Å². The van der Waals surface area contributed by atoms with Gasteiger partial charge in [0.2, 0.25) is 11.8 Å². The van der Waals surface area contributed by atoms with Crippen molar-refractivity contribution in [3.63, 3.8) is 0 Å². The summed E-state index contributed by atoms with van der Waals surface area (Å²) in [6.45, 7) is 3.40. The maximum Gasteiger partial charge on any atom is 0.225 e. The highest BCUT2D eigenvalue weighted by Gasteiger charge is 2.00. The number of anilines is 1. The van der Waals surface area contributed by atoms with Gasteiger partial charge in [-0.1, -0.05) is 6.92 Å². The molecule has 2 aromatic heterocycles. The molecule has 2 heterocycles. The van der Waals surface area contributed by atoms with E-state index in [4.69, 9.17) is 4.74 Å². The third-order valence-electron chi connectivity index (χ3n) is 2.19. The van der Waals surface area contributed by atoms with E-state index in [2.05, 4.69) is 37.4 Å². The van der Waals surface area contributed by atoms with Crippen LogP contribution in [0.25, 0.3) is 0 Å². The first-order valence-electron chi connectivity index (χ1n) is 5.92. The first kappa shape index (κ1) is 12.3. The molecule has 0 fully saturated rings. The quantitative estimate of drug-likeness (QED) is 0.761. The van der Waals surface area contributed by atoms with Crippen molar-refractivity contribution in [2.75, 3.05) is 18.5 Å².